The lowest BCUT2D eigenvalue weighted by molar-refractivity contribution is 0.632. The van der Waals surface area contributed by atoms with Crippen LogP contribution in [0.15, 0.2) is 24.3 Å². The Kier molecular flexibility index (Phi) is 2.36. The minimum Gasteiger partial charge on any atom is -0.324 e. The summed E-state index contributed by atoms with van der Waals surface area (Å²) < 4.78 is 0. The highest BCUT2D eigenvalue weighted by Gasteiger charge is 2.29. The van der Waals surface area contributed by atoms with Gasteiger partial charge in [0.15, 0.2) is 0 Å². The van der Waals surface area contributed by atoms with Crippen LogP contribution < -0.4 is 5.73 Å². The molecule has 2 N–H and O–H groups in total. The van der Waals surface area contributed by atoms with E-state index in [0.717, 1.165) is 12.3 Å². The van der Waals surface area contributed by atoms with Crippen LogP contribution in [0.4, 0.5) is 0 Å². The number of aryl methyl sites for hydroxylation is 1. The first-order valence-electron chi connectivity index (χ1n) is 5.15. The molecule has 0 spiro atoms. The molecule has 0 unspecified atom stereocenters. The predicted octanol–water partition coefficient (Wildman–Crippen LogP) is 2.66. The standard InChI is InChI=1S/C12H17N/c1-2-9-4-3-5-11(8-9)12(13)10-6-7-10/h3-5,8,10,12H,2,6-7,13H2,1H3/t12-/m1/s1. The van der Waals surface area contributed by atoms with Crippen molar-refractivity contribution in [2.75, 3.05) is 0 Å². The molecule has 0 bridgehead atoms. The molecule has 1 aliphatic carbocycles. The normalized spacial score (nSPS) is 18.6. The summed E-state index contributed by atoms with van der Waals surface area (Å²) in [5, 5.41) is 0. The largest absolute Gasteiger partial charge is 0.324 e. The van der Waals surface area contributed by atoms with Gasteiger partial charge in [-0.3, -0.25) is 0 Å². The quantitative estimate of drug-likeness (QED) is 0.751. The smallest absolute Gasteiger partial charge is 0.0323 e. The van der Waals surface area contributed by atoms with Crippen LogP contribution in [-0.2, 0) is 6.42 Å². The lowest BCUT2D eigenvalue weighted by Crippen LogP contribution is -2.12. The summed E-state index contributed by atoms with van der Waals surface area (Å²) in [5.41, 5.74) is 8.84. The van der Waals surface area contributed by atoms with Crippen molar-refractivity contribution < 1.29 is 0 Å². The molecule has 0 aliphatic heterocycles. The highest BCUT2D eigenvalue weighted by Crippen LogP contribution is 2.39. The van der Waals surface area contributed by atoms with Crippen molar-refractivity contribution in [1.82, 2.24) is 0 Å². The Balaban J connectivity index is 2.18. The fraction of sp³-hybridized carbons (Fsp3) is 0.500. The second kappa shape index (κ2) is 3.51. The van der Waals surface area contributed by atoms with E-state index in [1.807, 2.05) is 0 Å². The molecule has 0 heterocycles. The summed E-state index contributed by atoms with van der Waals surface area (Å²) >= 11 is 0. The molecule has 1 heteroatoms. The lowest BCUT2D eigenvalue weighted by Gasteiger charge is -2.11. The molecule has 1 atom stereocenters. The number of hydrogen-bond donors (Lipinski definition) is 1. The fourth-order valence-corrected chi connectivity index (χ4v) is 1.75. The third-order valence-electron chi connectivity index (χ3n) is 2.87. The summed E-state index contributed by atoms with van der Waals surface area (Å²) in [6.45, 7) is 2.18. The average Bonchev–Trinajstić information content (AvgIpc) is 3.00. The van der Waals surface area contributed by atoms with Crippen molar-refractivity contribution >= 4 is 0 Å². The SMILES string of the molecule is CCc1cccc([C@H](N)C2CC2)c1. The summed E-state index contributed by atoms with van der Waals surface area (Å²) in [4.78, 5) is 0. The molecule has 0 saturated heterocycles. The van der Waals surface area contributed by atoms with Crippen molar-refractivity contribution in [3.05, 3.63) is 35.4 Å². The Hall–Kier alpha value is -0.820. The molecule has 0 aromatic heterocycles. The minimum absolute atomic E-state index is 0.284. The van der Waals surface area contributed by atoms with Gasteiger partial charge in [0.25, 0.3) is 0 Å². The van der Waals surface area contributed by atoms with Gasteiger partial charge in [0.2, 0.25) is 0 Å². The van der Waals surface area contributed by atoms with Crippen LogP contribution >= 0.6 is 0 Å². The van der Waals surface area contributed by atoms with Gasteiger partial charge in [-0.15, -0.1) is 0 Å². The van der Waals surface area contributed by atoms with Crippen LogP contribution in [0.2, 0.25) is 0 Å². The Labute approximate surface area is 80.0 Å². The number of hydrogen-bond acceptors (Lipinski definition) is 1. The highest BCUT2D eigenvalue weighted by molar-refractivity contribution is 5.27. The molecule has 0 radical (unpaired) electrons. The summed E-state index contributed by atoms with van der Waals surface area (Å²) in [5.74, 6) is 0.757. The van der Waals surface area contributed by atoms with Crippen LogP contribution in [0.1, 0.15) is 36.9 Å². The van der Waals surface area contributed by atoms with Crippen molar-refractivity contribution in [1.29, 1.82) is 0 Å². The van der Waals surface area contributed by atoms with E-state index in [9.17, 15) is 0 Å². The molecule has 0 amide bonds. The number of benzene rings is 1. The van der Waals surface area contributed by atoms with Gasteiger partial charge < -0.3 is 5.73 Å². The molecule has 70 valence electrons. The number of rotatable bonds is 3. The van der Waals surface area contributed by atoms with Crippen LogP contribution in [0.3, 0.4) is 0 Å². The first kappa shape index (κ1) is 8.76. The first-order valence-corrected chi connectivity index (χ1v) is 5.15. The number of nitrogens with two attached hydrogens (primary N) is 1. The first-order chi connectivity index (χ1) is 6.31. The molecule has 1 saturated carbocycles. The van der Waals surface area contributed by atoms with Gasteiger partial charge in [0.05, 0.1) is 0 Å². The maximum Gasteiger partial charge on any atom is 0.0323 e. The van der Waals surface area contributed by atoms with Crippen molar-refractivity contribution in [2.24, 2.45) is 11.7 Å². The van der Waals surface area contributed by atoms with Gasteiger partial charge in [-0.1, -0.05) is 31.2 Å². The van der Waals surface area contributed by atoms with Gasteiger partial charge in [-0.2, -0.15) is 0 Å². The highest BCUT2D eigenvalue weighted by atomic mass is 14.7. The fourth-order valence-electron chi connectivity index (χ4n) is 1.75. The molecule has 13 heavy (non-hydrogen) atoms. The summed E-state index contributed by atoms with van der Waals surface area (Å²) in [7, 11) is 0. The molecule has 1 aliphatic rings. The average molecular weight is 175 g/mol. The summed E-state index contributed by atoms with van der Waals surface area (Å²) in [6, 6.07) is 8.98. The maximum atomic E-state index is 6.12. The molecule has 1 aromatic rings. The van der Waals surface area contributed by atoms with E-state index in [1.54, 1.807) is 0 Å². The Morgan fingerprint density at radius 2 is 2.23 bits per heavy atom. The zero-order chi connectivity index (χ0) is 9.26. The van der Waals surface area contributed by atoms with E-state index in [0.29, 0.717) is 0 Å². The molecule has 2 rings (SSSR count). The second-order valence-electron chi connectivity index (χ2n) is 3.96. The summed E-state index contributed by atoms with van der Waals surface area (Å²) in [6.07, 6.45) is 3.74. The Morgan fingerprint density at radius 1 is 1.46 bits per heavy atom. The van der Waals surface area contributed by atoms with Crippen LogP contribution in [0.25, 0.3) is 0 Å². The van der Waals surface area contributed by atoms with E-state index in [2.05, 4.69) is 31.2 Å². The second-order valence-corrected chi connectivity index (χ2v) is 3.96. The van der Waals surface area contributed by atoms with Gasteiger partial charge in [0.1, 0.15) is 0 Å². The molecular weight excluding hydrogens is 158 g/mol. The molecule has 1 nitrogen and oxygen atoms in total. The monoisotopic (exact) mass is 175 g/mol. The van der Waals surface area contributed by atoms with E-state index in [4.69, 9.17) is 5.73 Å². The van der Waals surface area contributed by atoms with Gasteiger partial charge in [-0.25, -0.2) is 0 Å². The van der Waals surface area contributed by atoms with E-state index in [1.165, 1.54) is 24.0 Å². The zero-order valence-electron chi connectivity index (χ0n) is 8.16. The minimum atomic E-state index is 0.284. The van der Waals surface area contributed by atoms with Crippen LogP contribution in [0, 0.1) is 5.92 Å². The molecular formula is C12H17N. The van der Waals surface area contributed by atoms with Gasteiger partial charge in [-0.05, 0) is 36.3 Å². The Bertz CT molecular complexity index is 289. The lowest BCUT2D eigenvalue weighted by atomic mass is 10.0. The Morgan fingerprint density at radius 3 is 2.85 bits per heavy atom. The van der Waals surface area contributed by atoms with Crippen LogP contribution in [0.5, 0.6) is 0 Å². The van der Waals surface area contributed by atoms with E-state index in [-0.39, 0.29) is 6.04 Å². The van der Waals surface area contributed by atoms with Crippen molar-refractivity contribution in [2.45, 2.75) is 32.2 Å². The van der Waals surface area contributed by atoms with E-state index < -0.39 is 0 Å². The maximum absolute atomic E-state index is 6.12. The van der Waals surface area contributed by atoms with Crippen molar-refractivity contribution in [3.8, 4) is 0 Å². The topological polar surface area (TPSA) is 26.0 Å². The zero-order valence-corrected chi connectivity index (χ0v) is 8.16. The van der Waals surface area contributed by atoms with Gasteiger partial charge >= 0.3 is 0 Å². The van der Waals surface area contributed by atoms with E-state index >= 15 is 0 Å². The van der Waals surface area contributed by atoms with Crippen LogP contribution in [-0.4, -0.2) is 0 Å². The van der Waals surface area contributed by atoms with Crippen molar-refractivity contribution in [3.63, 3.8) is 0 Å². The third kappa shape index (κ3) is 1.92. The molecule has 1 aromatic carbocycles. The molecule has 1 fully saturated rings. The predicted molar refractivity (Wildman–Crippen MR) is 55.5 cm³/mol. The van der Waals surface area contributed by atoms with Gasteiger partial charge in [0, 0.05) is 6.04 Å². The third-order valence-corrected chi connectivity index (χ3v) is 2.87.